The molecule has 1 N–H and O–H groups in total. The molecule has 0 aliphatic heterocycles. The Morgan fingerprint density at radius 1 is 1.62 bits per heavy atom. The van der Waals surface area contributed by atoms with Gasteiger partial charge in [0.15, 0.2) is 6.36 Å². The van der Waals surface area contributed by atoms with E-state index in [0.29, 0.717) is 5.92 Å². The van der Waals surface area contributed by atoms with E-state index in [0.717, 1.165) is 6.42 Å². The van der Waals surface area contributed by atoms with Crippen LogP contribution in [0.15, 0.2) is 0 Å². The van der Waals surface area contributed by atoms with Crippen molar-refractivity contribution in [2.75, 3.05) is 0 Å². The van der Waals surface area contributed by atoms with E-state index in [1.807, 2.05) is 13.8 Å². The van der Waals surface area contributed by atoms with Gasteiger partial charge >= 0.3 is 0 Å². The van der Waals surface area contributed by atoms with E-state index >= 15 is 0 Å². The molecule has 0 saturated carbocycles. The topological polar surface area (TPSA) is 20.2 Å². The summed E-state index contributed by atoms with van der Waals surface area (Å²) in [4.78, 5) is 0. The molecule has 0 aromatic rings. The summed E-state index contributed by atoms with van der Waals surface area (Å²) < 4.78 is 11.7. The summed E-state index contributed by atoms with van der Waals surface area (Å²) >= 11 is 0. The lowest BCUT2D eigenvalue weighted by molar-refractivity contribution is 0.0215. The molecule has 2 heteroatoms. The third-order valence-electron chi connectivity index (χ3n) is 1.29. The Hall–Kier alpha value is -0.110. The van der Waals surface area contributed by atoms with Crippen molar-refractivity contribution >= 4 is 0 Å². The number of hydrogen-bond acceptors (Lipinski definition) is 1. The first kappa shape index (κ1) is 7.89. The molecule has 2 atom stereocenters. The lowest BCUT2D eigenvalue weighted by atomic mass is 10.1. The number of aliphatic hydroxyl groups excluding tert-OH is 1. The molecule has 0 aliphatic rings. The molecule has 0 aliphatic carbocycles. The number of rotatable bonds is 3. The lowest BCUT2D eigenvalue weighted by Gasteiger charge is -2.06. The maximum Gasteiger partial charge on any atom is 0.196 e. The highest BCUT2D eigenvalue weighted by Gasteiger charge is 2.04. The van der Waals surface area contributed by atoms with Crippen molar-refractivity contribution in [2.24, 2.45) is 5.92 Å². The van der Waals surface area contributed by atoms with Gasteiger partial charge in [-0.1, -0.05) is 20.3 Å². The standard InChI is InChI=1S/C6H13FO/c1-3-5(2)4-6(7)8/h5-6,8H,3-4H2,1-2H3. The minimum atomic E-state index is -1.62. The Labute approximate surface area is 49.5 Å². The summed E-state index contributed by atoms with van der Waals surface area (Å²) in [5.41, 5.74) is 0. The van der Waals surface area contributed by atoms with Crippen LogP contribution in [-0.2, 0) is 0 Å². The molecule has 0 amide bonds. The van der Waals surface area contributed by atoms with Gasteiger partial charge in [0.25, 0.3) is 0 Å². The molecule has 0 bridgehead atoms. The first-order valence-electron chi connectivity index (χ1n) is 2.99. The van der Waals surface area contributed by atoms with Gasteiger partial charge in [-0.25, -0.2) is 4.39 Å². The molecule has 8 heavy (non-hydrogen) atoms. The highest BCUT2D eigenvalue weighted by atomic mass is 19.1. The third-order valence-corrected chi connectivity index (χ3v) is 1.29. The molecule has 0 fully saturated rings. The Morgan fingerprint density at radius 2 is 2.12 bits per heavy atom. The van der Waals surface area contributed by atoms with Crippen molar-refractivity contribution in [3.05, 3.63) is 0 Å². The molecule has 1 nitrogen and oxygen atoms in total. The van der Waals surface area contributed by atoms with Gasteiger partial charge in [0.2, 0.25) is 0 Å². The van der Waals surface area contributed by atoms with Gasteiger partial charge in [0.1, 0.15) is 0 Å². The molecular weight excluding hydrogens is 107 g/mol. The van der Waals surface area contributed by atoms with E-state index in [1.165, 1.54) is 0 Å². The number of hydrogen-bond donors (Lipinski definition) is 1. The van der Waals surface area contributed by atoms with Gasteiger partial charge in [0.05, 0.1) is 0 Å². The van der Waals surface area contributed by atoms with E-state index in [-0.39, 0.29) is 6.42 Å². The van der Waals surface area contributed by atoms with Gasteiger partial charge in [-0.15, -0.1) is 0 Å². The van der Waals surface area contributed by atoms with Crippen molar-refractivity contribution in [2.45, 2.75) is 33.0 Å². The van der Waals surface area contributed by atoms with E-state index in [2.05, 4.69) is 0 Å². The maximum absolute atomic E-state index is 11.7. The highest BCUT2D eigenvalue weighted by Crippen LogP contribution is 2.09. The van der Waals surface area contributed by atoms with Crippen LogP contribution >= 0.6 is 0 Å². The first-order chi connectivity index (χ1) is 3.66. The van der Waals surface area contributed by atoms with Crippen LogP contribution in [0.25, 0.3) is 0 Å². The van der Waals surface area contributed by atoms with Gasteiger partial charge in [-0.05, 0) is 5.92 Å². The molecular formula is C6H13FO. The van der Waals surface area contributed by atoms with Crippen molar-refractivity contribution in [3.8, 4) is 0 Å². The Morgan fingerprint density at radius 3 is 2.25 bits per heavy atom. The van der Waals surface area contributed by atoms with Crippen molar-refractivity contribution in [1.82, 2.24) is 0 Å². The SMILES string of the molecule is CCC(C)CC(O)F. The molecule has 0 saturated heterocycles. The van der Waals surface area contributed by atoms with Crippen LogP contribution < -0.4 is 0 Å². The molecule has 0 rings (SSSR count). The molecule has 0 spiro atoms. The number of aliphatic hydroxyl groups is 1. The molecule has 0 aromatic carbocycles. The quantitative estimate of drug-likeness (QED) is 0.601. The summed E-state index contributed by atoms with van der Waals surface area (Å²) in [6, 6.07) is 0. The lowest BCUT2D eigenvalue weighted by Crippen LogP contribution is -2.03. The Bertz CT molecular complexity index is 54.5. The van der Waals surface area contributed by atoms with Crippen LogP contribution in [0.5, 0.6) is 0 Å². The third kappa shape index (κ3) is 4.06. The van der Waals surface area contributed by atoms with E-state index < -0.39 is 6.36 Å². The first-order valence-corrected chi connectivity index (χ1v) is 2.99. The zero-order valence-electron chi connectivity index (χ0n) is 5.39. The Balaban J connectivity index is 3.10. The predicted molar refractivity (Wildman–Crippen MR) is 31.2 cm³/mol. The highest BCUT2D eigenvalue weighted by molar-refractivity contribution is 4.49. The Kier molecular flexibility index (Phi) is 3.79. The zero-order chi connectivity index (χ0) is 6.57. The smallest absolute Gasteiger partial charge is 0.196 e. The van der Waals surface area contributed by atoms with Crippen LogP contribution in [0.1, 0.15) is 26.7 Å². The number of alkyl halides is 1. The molecule has 2 unspecified atom stereocenters. The summed E-state index contributed by atoms with van der Waals surface area (Å²) in [6.45, 7) is 3.90. The van der Waals surface area contributed by atoms with Crippen LogP contribution in [0.2, 0.25) is 0 Å². The largest absolute Gasteiger partial charge is 0.364 e. The van der Waals surface area contributed by atoms with Crippen LogP contribution in [0.3, 0.4) is 0 Å². The summed E-state index contributed by atoms with van der Waals surface area (Å²) in [7, 11) is 0. The van der Waals surface area contributed by atoms with E-state index in [9.17, 15) is 4.39 Å². The monoisotopic (exact) mass is 120 g/mol. The van der Waals surface area contributed by atoms with Crippen LogP contribution in [-0.4, -0.2) is 11.5 Å². The zero-order valence-corrected chi connectivity index (χ0v) is 5.39. The van der Waals surface area contributed by atoms with Gasteiger partial charge < -0.3 is 5.11 Å². The second kappa shape index (κ2) is 3.84. The van der Waals surface area contributed by atoms with Crippen molar-refractivity contribution < 1.29 is 9.50 Å². The van der Waals surface area contributed by atoms with Crippen LogP contribution in [0.4, 0.5) is 4.39 Å². The van der Waals surface area contributed by atoms with Gasteiger partial charge in [-0.3, -0.25) is 0 Å². The predicted octanol–water partition coefficient (Wildman–Crippen LogP) is 1.71. The van der Waals surface area contributed by atoms with E-state index in [1.54, 1.807) is 0 Å². The fraction of sp³-hybridized carbons (Fsp3) is 1.00. The number of halogens is 1. The molecule has 50 valence electrons. The second-order valence-corrected chi connectivity index (χ2v) is 2.18. The maximum atomic E-state index is 11.7. The fourth-order valence-electron chi connectivity index (χ4n) is 0.499. The van der Waals surface area contributed by atoms with Crippen molar-refractivity contribution in [1.29, 1.82) is 0 Å². The average Bonchev–Trinajstić information content (AvgIpc) is 1.65. The molecule has 0 heterocycles. The fourth-order valence-corrected chi connectivity index (χ4v) is 0.499. The van der Waals surface area contributed by atoms with Crippen LogP contribution in [0, 0.1) is 5.92 Å². The summed E-state index contributed by atoms with van der Waals surface area (Å²) in [5.74, 6) is 0.301. The second-order valence-electron chi connectivity index (χ2n) is 2.18. The van der Waals surface area contributed by atoms with Crippen molar-refractivity contribution in [3.63, 3.8) is 0 Å². The van der Waals surface area contributed by atoms with Gasteiger partial charge in [0, 0.05) is 6.42 Å². The molecule has 0 aromatic heterocycles. The van der Waals surface area contributed by atoms with E-state index in [4.69, 9.17) is 5.11 Å². The average molecular weight is 120 g/mol. The molecule has 0 radical (unpaired) electrons. The van der Waals surface area contributed by atoms with Gasteiger partial charge in [-0.2, -0.15) is 0 Å². The summed E-state index contributed by atoms with van der Waals surface area (Å²) in [6.07, 6.45) is -0.415. The summed E-state index contributed by atoms with van der Waals surface area (Å²) in [5, 5.41) is 8.19. The normalized spacial score (nSPS) is 18.0. The minimum Gasteiger partial charge on any atom is -0.364 e. The minimum absolute atomic E-state index is 0.274.